The van der Waals surface area contributed by atoms with Gasteiger partial charge in [0.05, 0.1) is 45.8 Å². The molecule has 0 amide bonds. The van der Waals surface area contributed by atoms with E-state index in [1.165, 1.54) is 0 Å². The highest BCUT2D eigenvalue weighted by atomic mass is 32.3. The van der Waals surface area contributed by atoms with Gasteiger partial charge in [-0.25, -0.2) is 4.98 Å². The second-order valence-electron chi connectivity index (χ2n) is 8.03. The van der Waals surface area contributed by atoms with Crippen LogP contribution in [0, 0.1) is 0 Å². The average molecular weight is 511 g/mol. The second-order valence-corrected chi connectivity index (χ2v) is 8.92. The van der Waals surface area contributed by atoms with Crippen LogP contribution in [0.4, 0.5) is 0 Å². The van der Waals surface area contributed by atoms with Gasteiger partial charge in [0.25, 0.3) is 5.88 Å². The van der Waals surface area contributed by atoms with E-state index < -0.39 is 10.4 Å². The first-order valence-corrected chi connectivity index (χ1v) is 12.4. The number of aromatic nitrogens is 1. The maximum absolute atomic E-state index is 10.3. The van der Waals surface area contributed by atoms with Crippen molar-refractivity contribution in [2.45, 2.75) is 44.2 Å². The third-order valence-corrected chi connectivity index (χ3v) is 5.88. The molecule has 3 N–H and O–H groups in total. The second kappa shape index (κ2) is 11.2. The summed E-state index contributed by atoms with van der Waals surface area (Å²) in [6.45, 7) is 2.50. The normalized spacial score (nSPS) is 20.9. The first-order chi connectivity index (χ1) is 16.6. The first-order valence-electron chi connectivity index (χ1n) is 11.0. The van der Waals surface area contributed by atoms with Crippen molar-refractivity contribution in [3.8, 4) is 23.1 Å². The highest BCUT2D eigenvalue weighted by Crippen LogP contribution is 2.45. The van der Waals surface area contributed by atoms with E-state index >= 15 is 0 Å². The van der Waals surface area contributed by atoms with Gasteiger partial charge in [-0.15, -0.1) is 0 Å². The van der Waals surface area contributed by atoms with E-state index in [-0.39, 0.29) is 18.1 Å². The van der Waals surface area contributed by atoms with Crippen LogP contribution in [0.5, 0.6) is 23.1 Å². The Labute approximate surface area is 204 Å². The van der Waals surface area contributed by atoms with Gasteiger partial charge in [-0.05, 0) is 49.9 Å². The minimum Gasteiger partial charge on any atom is -0.493 e. The summed E-state index contributed by atoms with van der Waals surface area (Å²) in [6, 6.07) is 6.03. The van der Waals surface area contributed by atoms with Crippen LogP contribution < -0.4 is 18.9 Å². The lowest BCUT2D eigenvalue weighted by molar-refractivity contribution is 0.111. The summed E-state index contributed by atoms with van der Waals surface area (Å²) in [4.78, 5) is 9.50. The Morgan fingerprint density at radius 3 is 2.29 bits per heavy atom. The lowest BCUT2D eigenvalue weighted by Crippen LogP contribution is -2.34. The third-order valence-electron chi connectivity index (χ3n) is 5.88. The highest BCUT2D eigenvalue weighted by Gasteiger charge is 2.37. The Balaban J connectivity index is 0.000000623. The Kier molecular flexibility index (Phi) is 8.54. The third kappa shape index (κ3) is 6.40. The Bertz CT molecular complexity index is 1180. The number of benzene rings is 1. The van der Waals surface area contributed by atoms with Crippen LogP contribution in [-0.2, 0) is 10.4 Å². The summed E-state index contributed by atoms with van der Waals surface area (Å²) in [5.74, 6) is 2.50. The molecule has 0 spiro atoms. The van der Waals surface area contributed by atoms with Gasteiger partial charge < -0.3 is 24.1 Å². The molecule has 2 aliphatic rings. The van der Waals surface area contributed by atoms with Crippen LogP contribution in [0.25, 0.3) is 0 Å². The number of pyridine rings is 1. The molecule has 0 bridgehead atoms. The number of fused-ring (bicyclic) bond motifs is 3. The van der Waals surface area contributed by atoms with Crippen LogP contribution in [0.1, 0.15) is 48.8 Å². The van der Waals surface area contributed by atoms with Crippen LogP contribution in [0.2, 0.25) is 0 Å². The number of aliphatic imine (C=N–C) groups is 1. The molecule has 2 aromatic rings. The van der Waals surface area contributed by atoms with E-state index in [1.807, 2.05) is 19.1 Å². The van der Waals surface area contributed by atoms with Crippen molar-refractivity contribution in [3.05, 3.63) is 41.1 Å². The summed E-state index contributed by atoms with van der Waals surface area (Å²) in [5.41, 5.74) is 3.80. The molecule has 1 aromatic carbocycles. The number of hydrogen-bond donors (Lipinski definition) is 3. The van der Waals surface area contributed by atoms with Crippen molar-refractivity contribution in [2.24, 2.45) is 4.99 Å². The summed E-state index contributed by atoms with van der Waals surface area (Å²) in [7, 11) is 0.126. The molecule has 2 heterocycles. The molecular formula is C23H30N2O9S. The van der Waals surface area contributed by atoms with Crippen LogP contribution in [-0.4, -0.2) is 73.4 Å². The van der Waals surface area contributed by atoms with E-state index in [0.29, 0.717) is 36.2 Å². The number of aliphatic hydroxyl groups is 1. The summed E-state index contributed by atoms with van der Waals surface area (Å²) in [6.07, 6.45) is 3.73. The Morgan fingerprint density at radius 1 is 1.00 bits per heavy atom. The minimum atomic E-state index is -4.67. The smallest absolute Gasteiger partial charge is 0.394 e. The standard InChI is InChI=1S/C23H28N2O5.H2O4S/c1-5-30-20-10-15-16-9-14(26)6-7-18(16)25-22(17(15)11-19(20)27-2)13-8-21(28-3)23(29-4)24-12-13;1-5(2,3)4/h8,10-12,14,16,18,26H,5-7,9H2,1-4H3;(H2,1,2,3,4)/t14-,16-,18-;/m1./s1. The summed E-state index contributed by atoms with van der Waals surface area (Å²) < 4.78 is 53.7. The fourth-order valence-corrected chi connectivity index (χ4v) is 4.46. The zero-order chi connectivity index (χ0) is 25.8. The monoisotopic (exact) mass is 510 g/mol. The molecule has 11 nitrogen and oxygen atoms in total. The number of nitrogens with zero attached hydrogens (tertiary/aromatic N) is 2. The molecule has 35 heavy (non-hydrogen) atoms. The van der Waals surface area contributed by atoms with Gasteiger partial charge in [0.2, 0.25) is 0 Å². The zero-order valence-corrected chi connectivity index (χ0v) is 20.8. The van der Waals surface area contributed by atoms with E-state index in [4.69, 9.17) is 41.5 Å². The molecule has 1 fully saturated rings. The SMILES string of the molecule is CCOc1cc2c(cc1OC)C(c1cnc(OC)c(OC)c1)=N[C@@H]1CC[C@@H](O)C[C@H]21.O=S(=O)(O)O. The number of rotatable bonds is 6. The van der Waals surface area contributed by atoms with E-state index in [1.54, 1.807) is 27.5 Å². The quantitative estimate of drug-likeness (QED) is 0.494. The largest absolute Gasteiger partial charge is 0.493 e. The van der Waals surface area contributed by atoms with E-state index in [9.17, 15) is 5.11 Å². The van der Waals surface area contributed by atoms with Gasteiger partial charge in [0, 0.05) is 23.2 Å². The van der Waals surface area contributed by atoms with Crippen molar-refractivity contribution < 1.29 is 41.6 Å². The van der Waals surface area contributed by atoms with Crippen LogP contribution in [0.15, 0.2) is 29.4 Å². The molecular weight excluding hydrogens is 480 g/mol. The zero-order valence-electron chi connectivity index (χ0n) is 20.0. The lowest BCUT2D eigenvalue weighted by Gasteiger charge is -2.37. The summed E-state index contributed by atoms with van der Waals surface area (Å²) in [5, 5.41) is 10.3. The van der Waals surface area contributed by atoms with Crippen LogP contribution in [0.3, 0.4) is 0 Å². The summed E-state index contributed by atoms with van der Waals surface area (Å²) >= 11 is 0. The molecule has 12 heteroatoms. The van der Waals surface area contributed by atoms with Gasteiger partial charge in [0.1, 0.15) is 0 Å². The van der Waals surface area contributed by atoms with E-state index in [0.717, 1.165) is 35.2 Å². The number of hydrogen-bond acceptors (Lipinski definition) is 9. The molecule has 1 aliphatic heterocycles. The van der Waals surface area contributed by atoms with Gasteiger partial charge in [-0.3, -0.25) is 14.1 Å². The van der Waals surface area contributed by atoms with Gasteiger partial charge in [-0.1, -0.05) is 0 Å². The topological polar surface area (TPSA) is 157 Å². The van der Waals surface area contributed by atoms with Crippen molar-refractivity contribution in [2.75, 3.05) is 27.9 Å². The maximum atomic E-state index is 10.3. The fourth-order valence-electron chi connectivity index (χ4n) is 4.46. The van der Waals surface area contributed by atoms with Crippen LogP contribution >= 0.6 is 0 Å². The molecule has 1 aliphatic carbocycles. The average Bonchev–Trinajstić information content (AvgIpc) is 2.82. The molecule has 1 aromatic heterocycles. The fraction of sp³-hybridized carbons (Fsp3) is 0.478. The van der Waals surface area contributed by atoms with Gasteiger partial charge in [-0.2, -0.15) is 8.42 Å². The van der Waals surface area contributed by atoms with E-state index in [2.05, 4.69) is 11.1 Å². The van der Waals surface area contributed by atoms with Crippen molar-refractivity contribution in [1.29, 1.82) is 0 Å². The van der Waals surface area contributed by atoms with Gasteiger partial charge in [0.15, 0.2) is 17.2 Å². The number of ether oxygens (including phenoxy) is 4. The number of aliphatic hydroxyl groups excluding tert-OH is 1. The Morgan fingerprint density at radius 2 is 1.69 bits per heavy atom. The molecule has 4 rings (SSSR count). The Hall–Kier alpha value is -2.93. The molecule has 1 saturated carbocycles. The predicted molar refractivity (Wildman–Crippen MR) is 128 cm³/mol. The van der Waals surface area contributed by atoms with Gasteiger partial charge >= 0.3 is 10.4 Å². The molecule has 0 saturated heterocycles. The number of methoxy groups -OCH3 is 3. The maximum Gasteiger partial charge on any atom is 0.394 e. The molecule has 192 valence electrons. The predicted octanol–water partition coefficient (Wildman–Crippen LogP) is 2.70. The van der Waals surface area contributed by atoms with Crippen molar-refractivity contribution in [3.63, 3.8) is 0 Å². The first kappa shape index (κ1) is 26.7. The molecule has 0 radical (unpaired) electrons. The van der Waals surface area contributed by atoms with Crippen molar-refractivity contribution >= 4 is 16.1 Å². The highest BCUT2D eigenvalue weighted by molar-refractivity contribution is 7.79. The van der Waals surface area contributed by atoms with Crippen molar-refractivity contribution in [1.82, 2.24) is 4.98 Å². The lowest BCUT2D eigenvalue weighted by atomic mass is 9.74. The molecule has 0 unspecified atom stereocenters. The molecule has 3 atom stereocenters. The minimum absolute atomic E-state index is 0.104.